The van der Waals surface area contributed by atoms with Crippen LogP contribution in [0.15, 0.2) is 24.3 Å². The molecule has 0 spiro atoms. The maximum atomic E-state index is 5.81. The fraction of sp³-hybridized carbons (Fsp3) is 0.500. The van der Waals surface area contributed by atoms with Crippen molar-refractivity contribution in [2.24, 2.45) is 5.73 Å². The molecule has 2 rings (SSSR count). The molecular formula is C12H18N2. The molecule has 2 N–H and O–H groups in total. The van der Waals surface area contributed by atoms with Gasteiger partial charge in [-0.1, -0.05) is 31.2 Å². The van der Waals surface area contributed by atoms with Crippen LogP contribution in [-0.2, 0) is 6.54 Å². The van der Waals surface area contributed by atoms with Crippen LogP contribution in [0.5, 0.6) is 0 Å². The van der Waals surface area contributed by atoms with Gasteiger partial charge in [-0.15, -0.1) is 0 Å². The lowest BCUT2D eigenvalue weighted by Gasteiger charge is -2.33. The van der Waals surface area contributed by atoms with Crippen molar-refractivity contribution >= 4 is 0 Å². The summed E-state index contributed by atoms with van der Waals surface area (Å²) in [6.07, 6.45) is 0. The van der Waals surface area contributed by atoms with Gasteiger partial charge in [0.25, 0.3) is 0 Å². The van der Waals surface area contributed by atoms with E-state index in [9.17, 15) is 0 Å². The summed E-state index contributed by atoms with van der Waals surface area (Å²) in [5, 5.41) is 0. The number of hydrogen-bond acceptors (Lipinski definition) is 2. The van der Waals surface area contributed by atoms with Gasteiger partial charge in [0.2, 0.25) is 0 Å². The molecule has 76 valence electrons. The zero-order chi connectivity index (χ0) is 9.97. The zero-order valence-corrected chi connectivity index (χ0v) is 8.74. The lowest BCUT2D eigenvalue weighted by atomic mass is 9.90. The smallest absolute Gasteiger partial charge is 0.0236 e. The van der Waals surface area contributed by atoms with Crippen molar-refractivity contribution in [3.63, 3.8) is 0 Å². The molecule has 0 amide bonds. The van der Waals surface area contributed by atoms with E-state index < -0.39 is 0 Å². The summed E-state index contributed by atoms with van der Waals surface area (Å²) in [5.41, 5.74) is 8.72. The van der Waals surface area contributed by atoms with Crippen molar-refractivity contribution in [1.82, 2.24) is 4.90 Å². The van der Waals surface area contributed by atoms with E-state index in [0.717, 1.165) is 26.2 Å². The Hall–Kier alpha value is -0.860. The van der Waals surface area contributed by atoms with E-state index >= 15 is 0 Å². The zero-order valence-electron chi connectivity index (χ0n) is 8.74. The highest BCUT2D eigenvalue weighted by molar-refractivity contribution is 5.32. The van der Waals surface area contributed by atoms with Gasteiger partial charge in [-0.2, -0.15) is 0 Å². The van der Waals surface area contributed by atoms with Crippen LogP contribution >= 0.6 is 0 Å². The number of benzene rings is 1. The van der Waals surface area contributed by atoms with E-state index in [1.54, 1.807) is 0 Å². The molecule has 0 aromatic heterocycles. The third-order valence-corrected chi connectivity index (χ3v) is 3.10. The summed E-state index contributed by atoms with van der Waals surface area (Å²) in [4.78, 5) is 2.46. The molecule has 0 aliphatic carbocycles. The van der Waals surface area contributed by atoms with Gasteiger partial charge in [-0.25, -0.2) is 0 Å². The fourth-order valence-corrected chi connectivity index (χ4v) is 2.23. The van der Waals surface area contributed by atoms with Gasteiger partial charge in [-0.3, -0.25) is 4.90 Å². The Morgan fingerprint density at radius 3 is 2.93 bits per heavy atom. The molecule has 1 heterocycles. The SMILES string of the molecule is CCN1Cc2ccccc2C(CN)C1. The van der Waals surface area contributed by atoms with Gasteiger partial charge in [0, 0.05) is 25.6 Å². The lowest BCUT2D eigenvalue weighted by Crippen LogP contribution is -2.36. The van der Waals surface area contributed by atoms with Crippen molar-refractivity contribution < 1.29 is 0 Å². The molecule has 0 saturated carbocycles. The van der Waals surface area contributed by atoms with E-state index in [4.69, 9.17) is 5.73 Å². The largest absolute Gasteiger partial charge is 0.330 e. The summed E-state index contributed by atoms with van der Waals surface area (Å²) in [6.45, 7) is 6.28. The first kappa shape index (κ1) is 9.69. The molecule has 1 aliphatic heterocycles. The number of hydrogen-bond donors (Lipinski definition) is 1. The van der Waals surface area contributed by atoms with Gasteiger partial charge in [-0.05, 0) is 17.7 Å². The third-order valence-electron chi connectivity index (χ3n) is 3.10. The Balaban J connectivity index is 2.31. The first-order valence-corrected chi connectivity index (χ1v) is 5.35. The van der Waals surface area contributed by atoms with E-state index in [1.165, 1.54) is 11.1 Å². The van der Waals surface area contributed by atoms with Gasteiger partial charge >= 0.3 is 0 Å². The quantitative estimate of drug-likeness (QED) is 0.767. The minimum Gasteiger partial charge on any atom is -0.330 e. The van der Waals surface area contributed by atoms with Crippen molar-refractivity contribution in [3.8, 4) is 0 Å². The molecule has 14 heavy (non-hydrogen) atoms. The van der Waals surface area contributed by atoms with Crippen molar-refractivity contribution in [3.05, 3.63) is 35.4 Å². The number of likely N-dealkylation sites (N-methyl/N-ethyl adjacent to an activating group) is 1. The van der Waals surface area contributed by atoms with Crippen LogP contribution in [0, 0.1) is 0 Å². The lowest BCUT2D eigenvalue weighted by molar-refractivity contribution is 0.243. The number of nitrogens with two attached hydrogens (primary N) is 1. The molecule has 1 aliphatic rings. The van der Waals surface area contributed by atoms with Crippen LogP contribution in [0.3, 0.4) is 0 Å². The second-order valence-corrected chi connectivity index (χ2v) is 3.96. The maximum absolute atomic E-state index is 5.81. The van der Waals surface area contributed by atoms with Crippen LogP contribution in [0.2, 0.25) is 0 Å². The summed E-state index contributed by atoms with van der Waals surface area (Å²) in [7, 11) is 0. The first-order chi connectivity index (χ1) is 6.85. The van der Waals surface area contributed by atoms with Crippen LogP contribution in [-0.4, -0.2) is 24.5 Å². The van der Waals surface area contributed by atoms with Gasteiger partial charge < -0.3 is 5.73 Å². The van der Waals surface area contributed by atoms with E-state index in [-0.39, 0.29) is 0 Å². The minimum atomic E-state index is 0.528. The molecular weight excluding hydrogens is 172 g/mol. The minimum absolute atomic E-state index is 0.528. The maximum Gasteiger partial charge on any atom is 0.0236 e. The predicted molar refractivity (Wildman–Crippen MR) is 59.2 cm³/mol. The average molecular weight is 190 g/mol. The highest BCUT2D eigenvalue weighted by atomic mass is 15.1. The van der Waals surface area contributed by atoms with Crippen LogP contribution in [0.25, 0.3) is 0 Å². The summed E-state index contributed by atoms with van der Waals surface area (Å²) >= 11 is 0. The average Bonchev–Trinajstić information content (AvgIpc) is 2.27. The molecule has 2 heteroatoms. The van der Waals surface area contributed by atoms with Gasteiger partial charge in [0.15, 0.2) is 0 Å². The molecule has 1 aromatic carbocycles. The third kappa shape index (κ3) is 1.68. The fourth-order valence-electron chi connectivity index (χ4n) is 2.23. The standard InChI is InChI=1S/C12H18N2/c1-2-14-8-10-5-3-4-6-12(10)11(7-13)9-14/h3-6,11H,2,7-9,13H2,1H3. The monoisotopic (exact) mass is 190 g/mol. The van der Waals surface area contributed by atoms with Crippen LogP contribution in [0.1, 0.15) is 24.0 Å². The molecule has 1 unspecified atom stereocenters. The highest BCUT2D eigenvalue weighted by Crippen LogP contribution is 2.26. The molecule has 0 fully saturated rings. The molecule has 0 bridgehead atoms. The summed E-state index contributed by atoms with van der Waals surface area (Å²) in [6, 6.07) is 8.67. The van der Waals surface area contributed by atoms with Gasteiger partial charge in [0.1, 0.15) is 0 Å². The predicted octanol–water partition coefficient (Wildman–Crippen LogP) is 1.56. The van der Waals surface area contributed by atoms with Crippen LogP contribution < -0.4 is 5.73 Å². The Kier molecular flexibility index (Phi) is 2.85. The number of nitrogens with zero attached hydrogens (tertiary/aromatic N) is 1. The second-order valence-electron chi connectivity index (χ2n) is 3.96. The molecule has 0 saturated heterocycles. The molecule has 1 aromatic rings. The Morgan fingerprint density at radius 2 is 2.21 bits per heavy atom. The second kappa shape index (κ2) is 4.11. The highest BCUT2D eigenvalue weighted by Gasteiger charge is 2.22. The summed E-state index contributed by atoms with van der Waals surface area (Å²) in [5.74, 6) is 0.528. The van der Waals surface area contributed by atoms with E-state index in [0.29, 0.717) is 5.92 Å². The van der Waals surface area contributed by atoms with E-state index in [1.807, 2.05) is 0 Å². The Morgan fingerprint density at radius 1 is 1.43 bits per heavy atom. The van der Waals surface area contributed by atoms with E-state index in [2.05, 4.69) is 36.1 Å². The normalized spacial score (nSPS) is 22.0. The summed E-state index contributed by atoms with van der Waals surface area (Å²) < 4.78 is 0. The molecule has 2 nitrogen and oxygen atoms in total. The van der Waals surface area contributed by atoms with Crippen molar-refractivity contribution in [1.29, 1.82) is 0 Å². The Labute approximate surface area is 85.7 Å². The topological polar surface area (TPSA) is 29.3 Å². The van der Waals surface area contributed by atoms with Crippen molar-refractivity contribution in [2.45, 2.75) is 19.4 Å². The molecule has 0 radical (unpaired) electrons. The van der Waals surface area contributed by atoms with Crippen molar-refractivity contribution in [2.75, 3.05) is 19.6 Å². The first-order valence-electron chi connectivity index (χ1n) is 5.35. The molecule has 1 atom stereocenters. The van der Waals surface area contributed by atoms with Gasteiger partial charge in [0.05, 0.1) is 0 Å². The van der Waals surface area contributed by atoms with Crippen LogP contribution in [0.4, 0.5) is 0 Å². The number of rotatable bonds is 2. The Bertz CT molecular complexity index is 309. The number of fused-ring (bicyclic) bond motifs is 1.